The van der Waals surface area contributed by atoms with Crippen molar-refractivity contribution in [2.45, 2.75) is 37.5 Å². The highest BCUT2D eigenvalue weighted by molar-refractivity contribution is 14.1. The molecule has 0 saturated carbocycles. The highest BCUT2D eigenvalue weighted by atomic mass is 127. The van der Waals surface area contributed by atoms with Gasteiger partial charge in [-0.2, -0.15) is 0 Å². The number of aliphatic hydroxyl groups excluding tert-OH is 2. The standard InChI is InChI=1S/C29H34IN3O6/c1-38-15-11-27(35)33(13-10-21-16-19-6-2-4-8-23(19)32-21)24-17-20(29(37)31-12-14-34)18-26(28(24)36)39-25-9-5-3-7-22(25)30/h2-9,16,18,24,26,28,32,34,36H,10-15,17H2,1H3,(H,31,37). The number of amides is 2. The number of nitrogens with zero attached hydrogens (tertiary/aromatic N) is 1. The Morgan fingerprint density at radius 2 is 1.95 bits per heavy atom. The number of H-pyrrole nitrogens is 1. The third kappa shape index (κ3) is 7.38. The van der Waals surface area contributed by atoms with Crippen LogP contribution >= 0.6 is 22.6 Å². The van der Waals surface area contributed by atoms with Gasteiger partial charge in [-0.3, -0.25) is 9.59 Å². The summed E-state index contributed by atoms with van der Waals surface area (Å²) in [5.41, 5.74) is 2.37. The summed E-state index contributed by atoms with van der Waals surface area (Å²) >= 11 is 2.15. The number of fused-ring (bicyclic) bond motifs is 1. The van der Waals surface area contributed by atoms with E-state index in [1.54, 1.807) is 17.0 Å². The van der Waals surface area contributed by atoms with E-state index in [9.17, 15) is 19.8 Å². The first-order chi connectivity index (χ1) is 18.9. The van der Waals surface area contributed by atoms with Crippen LogP contribution in [0.4, 0.5) is 0 Å². The summed E-state index contributed by atoms with van der Waals surface area (Å²) in [5.74, 6) is 0.0313. The number of methoxy groups -OCH3 is 1. The van der Waals surface area contributed by atoms with Crippen molar-refractivity contribution in [2.24, 2.45) is 0 Å². The second-order valence-electron chi connectivity index (χ2n) is 9.41. The summed E-state index contributed by atoms with van der Waals surface area (Å²) in [6, 6.07) is 16.7. The number of benzene rings is 2. The Kier molecular flexibility index (Phi) is 10.4. The van der Waals surface area contributed by atoms with Crippen molar-refractivity contribution >= 4 is 45.3 Å². The molecule has 1 aliphatic rings. The summed E-state index contributed by atoms with van der Waals surface area (Å²) in [4.78, 5) is 31.4. The number of aliphatic hydroxyl groups is 2. The zero-order valence-electron chi connectivity index (χ0n) is 21.8. The molecule has 1 aromatic heterocycles. The molecule has 1 heterocycles. The van der Waals surface area contributed by atoms with Gasteiger partial charge in [-0.25, -0.2) is 0 Å². The minimum Gasteiger partial charge on any atom is -0.482 e. The number of nitrogens with one attached hydrogen (secondary N) is 2. The van der Waals surface area contributed by atoms with E-state index in [0.717, 1.165) is 20.2 Å². The average molecular weight is 648 g/mol. The molecule has 0 radical (unpaired) electrons. The molecule has 3 atom stereocenters. The normalized spacial score (nSPS) is 19.0. The van der Waals surface area contributed by atoms with Gasteiger partial charge in [0.1, 0.15) is 18.0 Å². The van der Waals surface area contributed by atoms with Crippen LogP contribution < -0.4 is 10.1 Å². The number of carbonyl (C=O) groups excluding carboxylic acids is 2. The largest absolute Gasteiger partial charge is 0.482 e. The molecule has 3 unspecified atom stereocenters. The Morgan fingerprint density at radius 1 is 1.18 bits per heavy atom. The van der Waals surface area contributed by atoms with Gasteiger partial charge in [-0.15, -0.1) is 0 Å². The number of para-hydroxylation sites is 2. The van der Waals surface area contributed by atoms with Crippen molar-refractivity contribution < 1.29 is 29.3 Å². The summed E-state index contributed by atoms with van der Waals surface area (Å²) in [7, 11) is 1.54. The number of carbonyl (C=O) groups is 2. The molecule has 2 aromatic carbocycles. The van der Waals surface area contributed by atoms with Crippen molar-refractivity contribution in [3.63, 3.8) is 0 Å². The zero-order valence-corrected chi connectivity index (χ0v) is 24.0. The first-order valence-electron chi connectivity index (χ1n) is 12.9. The number of hydrogen-bond donors (Lipinski definition) is 4. The third-order valence-corrected chi connectivity index (χ3v) is 7.65. The fourth-order valence-electron chi connectivity index (χ4n) is 4.78. The van der Waals surface area contributed by atoms with Crippen LogP contribution in [0.15, 0.2) is 66.2 Å². The number of ether oxygens (including phenoxy) is 2. The van der Waals surface area contributed by atoms with Crippen molar-refractivity contribution in [1.29, 1.82) is 0 Å². The Balaban J connectivity index is 1.62. The third-order valence-electron chi connectivity index (χ3n) is 6.76. The Bertz CT molecular complexity index is 1280. The lowest BCUT2D eigenvalue weighted by atomic mass is 9.87. The van der Waals surface area contributed by atoms with Crippen LogP contribution in [0.5, 0.6) is 5.75 Å². The first kappa shape index (κ1) is 29.1. The lowest BCUT2D eigenvalue weighted by Crippen LogP contribution is -2.55. The second-order valence-corrected chi connectivity index (χ2v) is 10.6. The van der Waals surface area contributed by atoms with E-state index in [1.165, 1.54) is 7.11 Å². The molecule has 0 spiro atoms. The van der Waals surface area contributed by atoms with Gasteiger partial charge in [0.25, 0.3) is 0 Å². The molecule has 3 aromatic rings. The topological polar surface area (TPSA) is 124 Å². The number of hydrogen-bond acceptors (Lipinski definition) is 6. The number of aromatic amines is 1. The van der Waals surface area contributed by atoms with E-state index in [4.69, 9.17) is 9.47 Å². The fraction of sp³-hybridized carbons (Fsp3) is 0.379. The number of halogens is 1. The van der Waals surface area contributed by atoms with Crippen LogP contribution in [0.2, 0.25) is 0 Å². The Labute approximate surface area is 241 Å². The van der Waals surface area contributed by atoms with E-state index < -0.39 is 18.2 Å². The second kappa shape index (κ2) is 13.9. The van der Waals surface area contributed by atoms with Gasteiger partial charge in [0.2, 0.25) is 11.8 Å². The van der Waals surface area contributed by atoms with E-state index in [1.807, 2.05) is 42.5 Å². The molecule has 10 heteroatoms. The van der Waals surface area contributed by atoms with E-state index >= 15 is 0 Å². The monoisotopic (exact) mass is 647 g/mol. The van der Waals surface area contributed by atoms with Gasteiger partial charge in [0, 0.05) is 49.8 Å². The lowest BCUT2D eigenvalue weighted by Gasteiger charge is -2.40. The molecular formula is C29H34IN3O6. The van der Waals surface area contributed by atoms with Gasteiger partial charge < -0.3 is 34.9 Å². The van der Waals surface area contributed by atoms with Crippen LogP contribution in [0, 0.1) is 3.57 Å². The van der Waals surface area contributed by atoms with E-state index in [-0.39, 0.29) is 44.4 Å². The molecule has 9 nitrogen and oxygen atoms in total. The minimum absolute atomic E-state index is 0.0996. The van der Waals surface area contributed by atoms with Gasteiger partial charge in [-0.05, 0) is 58.3 Å². The molecular weight excluding hydrogens is 613 g/mol. The SMILES string of the molecule is COCCC(=O)N(CCc1cc2ccccc2[nH]1)C1CC(C(=O)NCCO)=CC(Oc2ccccc2I)C1O. The number of rotatable bonds is 12. The van der Waals surface area contributed by atoms with Crippen molar-refractivity contribution in [1.82, 2.24) is 15.2 Å². The van der Waals surface area contributed by atoms with E-state index in [2.05, 4.69) is 39.0 Å². The summed E-state index contributed by atoms with van der Waals surface area (Å²) < 4.78 is 12.2. The van der Waals surface area contributed by atoms with Crippen molar-refractivity contribution in [2.75, 3.05) is 33.4 Å². The van der Waals surface area contributed by atoms with Gasteiger partial charge in [-0.1, -0.05) is 30.3 Å². The maximum Gasteiger partial charge on any atom is 0.247 e. The van der Waals surface area contributed by atoms with Gasteiger partial charge >= 0.3 is 0 Å². The maximum absolute atomic E-state index is 13.4. The summed E-state index contributed by atoms with van der Waals surface area (Å²) in [5, 5.41) is 24.5. The Morgan fingerprint density at radius 3 is 2.69 bits per heavy atom. The number of aromatic nitrogens is 1. The van der Waals surface area contributed by atoms with Gasteiger partial charge in [0.15, 0.2) is 0 Å². The van der Waals surface area contributed by atoms with Crippen LogP contribution in [0.3, 0.4) is 0 Å². The summed E-state index contributed by atoms with van der Waals surface area (Å²) in [6.45, 7) is 0.478. The van der Waals surface area contributed by atoms with Gasteiger partial charge in [0.05, 0.1) is 29.2 Å². The fourth-order valence-corrected chi connectivity index (χ4v) is 5.30. The molecule has 0 saturated heterocycles. The maximum atomic E-state index is 13.4. The van der Waals surface area contributed by atoms with E-state index in [0.29, 0.717) is 24.3 Å². The summed E-state index contributed by atoms with van der Waals surface area (Å²) in [6.07, 6.45) is 0.505. The molecule has 39 heavy (non-hydrogen) atoms. The zero-order chi connectivity index (χ0) is 27.8. The predicted molar refractivity (Wildman–Crippen MR) is 156 cm³/mol. The first-order valence-corrected chi connectivity index (χ1v) is 14.0. The highest BCUT2D eigenvalue weighted by Gasteiger charge is 2.40. The lowest BCUT2D eigenvalue weighted by molar-refractivity contribution is -0.139. The molecule has 1 aliphatic carbocycles. The molecule has 0 aliphatic heterocycles. The molecule has 2 amide bonds. The van der Waals surface area contributed by atoms with Crippen LogP contribution in [-0.2, 0) is 20.7 Å². The highest BCUT2D eigenvalue weighted by Crippen LogP contribution is 2.30. The van der Waals surface area contributed by atoms with Crippen LogP contribution in [-0.4, -0.2) is 83.6 Å². The van der Waals surface area contributed by atoms with Crippen molar-refractivity contribution in [3.8, 4) is 5.75 Å². The smallest absolute Gasteiger partial charge is 0.247 e. The predicted octanol–water partition coefficient (Wildman–Crippen LogP) is 2.80. The average Bonchev–Trinajstić information content (AvgIpc) is 3.36. The molecule has 4 rings (SSSR count). The molecule has 0 bridgehead atoms. The minimum atomic E-state index is -1.08. The molecule has 208 valence electrons. The molecule has 0 fully saturated rings. The quantitative estimate of drug-likeness (QED) is 0.224. The van der Waals surface area contributed by atoms with Crippen LogP contribution in [0.25, 0.3) is 10.9 Å². The molecule has 4 N–H and O–H groups in total. The van der Waals surface area contributed by atoms with Crippen LogP contribution in [0.1, 0.15) is 18.5 Å². The van der Waals surface area contributed by atoms with Crippen molar-refractivity contribution in [3.05, 3.63) is 75.5 Å². The Hall–Kier alpha value is -2.93.